The number of aromatic nitrogens is 2. The van der Waals surface area contributed by atoms with Crippen LogP contribution in [-0.4, -0.2) is 23.0 Å². The van der Waals surface area contributed by atoms with E-state index in [0.29, 0.717) is 17.1 Å². The zero-order valence-electron chi connectivity index (χ0n) is 11.3. The lowest BCUT2D eigenvalue weighted by molar-refractivity contribution is 0.0598. The number of esters is 1. The summed E-state index contributed by atoms with van der Waals surface area (Å²) in [7, 11) is 1.32. The van der Waals surface area contributed by atoms with Gasteiger partial charge in [0.15, 0.2) is 0 Å². The van der Waals surface area contributed by atoms with Crippen molar-refractivity contribution in [3.63, 3.8) is 0 Å². The van der Waals surface area contributed by atoms with E-state index in [4.69, 9.17) is 17.0 Å². The number of ether oxygens (including phenoxy) is 1. The lowest BCUT2D eigenvalue weighted by Crippen LogP contribution is -2.09. The van der Waals surface area contributed by atoms with Crippen LogP contribution in [0.1, 0.15) is 21.6 Å². The molecule has 4 nitrogen and oxygen atoms in total. The Hall–Kier alpha value is -1.53. The predicted octanol–water partition coefficient (Wildman–Crippen LogP) is 3.97. The van der Waals surface area contributed by atoms with Gasteiger partial charge in [-0.25, -0.2) is 9.78 Å². The number of methoxy groups -OCH3 is 1. The zero-order chi connectivity index (χ0) is 14.9. The molecule has 1 heterocycles. The first kappa shape index (κ1) is 14.9. The quantitative estimate of drug-likeness (QED) is 0.656. The number of hydrogen-bond acceptors (Lipinski definition) is 4. The molecule has 0 fully saturated rings. The summed E-state index contributed by atoms with van der Waals surface area (Å²) in [6.07, 6.45) is 0. The third kappa shape index (κ3) is 2.66. The van der Waals surface area contributed by atoms with Gasteiger partial charge >= 0.3 is 5.97 Å². The molecule has 1 aromatic heterocycles. The molecule has 0 aliphatic heterocycles. The van der Waals surface area contributed by atoms with E-state index in [1.807, 2.05) is 25.1 Å². The van der Waals surface area contributed by atoms with E-state index in [-0.39, 0.29) is 4.64 Å². The van der Waals surface area contributed by atoms with Gasteiger partial charge in [0.1, 0.15) is 16.0 Å². The van der Waals surface area contributed by atoms with Crippen molar-refractivity contribution < 1.29 is 9.53 Å². The first-order valence-corrected chi connectivity index (χ1v) is 7.10. The van der Waals surface area contributed by atoms with Crippen molar-refractivity contribution in [3.05, 3.63) is 44.1 Å². The number of nitrogens with one attached hydrogen (secondary N) is 1. The van der Waals surface area contributed by atoms with Gasteiger partial charge in [-0.1, -0.05) is 40.3 Å². The third-order valence-electron chi connectivity index (χ3n) is 3.02. The molecule has 0 aliphatic rings. The van der Waals surface area contributed by atoms with Crippen LogP contribution >= 0.6 is 28.1 Å². The van der Waals surface area contributed by atoms with E-state index >= 15 is 0 Å². The topological polar surface area (TPSA) is 55.0 Å². The van der Waals surface area contributed by atoms with Crippen LogP contribution in [0.5, 0.6) is 0 Å². The number of halogens is 1. The first-order valence-electron chi connectivity index (χ1n) is 5.90. The highest BCUT2D eigenvalue weighted by molar-refractivity contribution is 9.10. The molecule has 20 heavy (non-hydrogen) atoms. The average Bonchev–Trinajstić information content (AvgIpc) is 2.40. The predicted molar refractivity (Wildman–Crippen MR) is 83.4 cm³/mol. The van der Waals surface area contributed by atoms with E-state index in [1.54, 1.807) is 6.92 Å². The SMILES string of the molecule is COC(=O)c1c(C)[nH]c(-c2cccc(Br)c2C)nc1=S. The number of carbonyl (C=O) groups excluding carboxylic acids is 1. The van der Waals surface area contributed by atoms with E-state index < -0.39 is 5.97 Å². The molecule has 0 spiro atoms. The highest BCUT2D eigenvalue weighted by Crippen LogP contribution is 2.27. The molecule has 0 saturated heterocycles. The fourth-order valence-electron chi connectivity index (χ4n) is 1.92. The lowest BCUT2D eigenvalue weighted by Gasteiger charge is -2.10. The molecular weight excluding hydrogens is 340 g/mol. The maximum atomic E-state index is 11.7. The van der Waals surface area contributed by atoms with E-state index in [9.17, 15) is 4.79 Å². The Morgan fingerprint density at radius 1 is 1.40 bits per heavy atom. The minimum atomic E-state index is -0.478. The fourth-order valence-corrected chi connectivity index (χ4v) is 2.61. The van der Waals surface area contributed by atoms with Gasteiger partial charge in [-0.3, -0.25) is 0 Å². The third-order valence-corrected chi connectivity index (χ3v) is 4.17. The zero-order valence-corrected chi connectivity index (χ0v) is 13.7. The number of aromatic amines is 1. The minimum absolute atomic E-state index is 0.238. The summed E-state index contributed by atoms with van der Waals surface area (Å²) >= 11 is 8.69. The Balaban J connectivity index is 2.64. The van der Waals surface area contributed by atoms with Crippen molar-refractivity contribution in [1.29, 1.82) is 0 Å². The highest BCUT2D eigenvalue weighted by Gasteiger charge is 2.15. The number of hydrogen-bond donors (Lipinski definition) is 1. The molecule has 0 aliphatic carbocycles. The molecule has 1 N–H and O–H groups in total. The van der Waals surface area contributed by atoms with Crippen molar-refractivity contribution in [3.8, 4) is 11.4 Å². The number of aryl methyl sites for hydroxylation is 1. The second kappa shape index (κ2) is 5.85. The van der Waals surface area contributed by atoms with Gasteiger partial charge in [0, 0.05) is 15.7 Å². The summed E-state index contributed by atoms with van der Waals surface area (Å²) < 4.78 is 5.94. The van der Waals surface area contributed by atoms with Crippen molar-refractivity contribution in [1.82, 2.24) is 9.97 Å². The lowest BCUT2D eigenvalue weighted by atomic mass is 10.1. The van der Waals surface area contributed by atoms with Gasteiger partial charge in [0.2, 0.25) is 0 Å². The Morgan fingerprint density at radius 2 is 2.10 bits per heavy atom. The van der Waals surface area contributed by atoms with Gasteiger partial charge in [-0.05, 0) is 25.5 Å². The first-order chi connectivity index (χ1) is 9.45. The molecule has 1 aromatic carbocycles. The summed E-state index contributed by atoms with van der Waals surface area (Å²) in [6.45, 7) is 3.77. The standard InChI is InChI=1S/C14H13BrN2O2S/c1-7-9(5-4-6-10(7)15)12-16-8(2)11(13(20)17-12)14(18)19-3/h4-6H,1-3H3,(H,16,17,20). The number of rotatable bonds is 2. The Kier molecular flexibility index (Phi) is 4.35. The maximum absolute atomic E-state index is 11.7. The monoisotopic (exact) mass is 352 g/mol. The average molecular weight is 353 g/mol. The smallest absolute Gasteiger partial charge is 0.342 e. The summed E-state index contributed by atoms with van der Waals surface area (Å²) in [5.41, 5.74) is 2.94. The van der Waals surface area contributed by atoms with Crippen LogP contribution in [0.2, 0.25) is 0 Å². The van der Waals surface area contributed by atoms with Crippen LogP contribution in [0, 0.1) is 18.5 Å². The second-order valence-electron chi connectivity index (χ2n) is 4.29. The number of H-pyrrole nitrogens is 1. The van der Waals surface area contributed by atoms with Crippen molar-refractivity contribution in [2.24, 2.45) is 0 Å². The normalized spacial score (nSPS) is 10.4. The Morgan fingerprint density at radius 3 is 2.70 bits per heavy atom. The van der Waals surface area contributed by atoms with Gasteiger partial charge < -0.3 is 9.72 Å². The van der Waals surface area contributed by atoms with Crippen LogP contribution < -0.4 is 0 Å². The van der Waals surface area contributed by atoms with Crippen molar-refractivity contribution in [2.45, 2.75) is 13.8 Å². The molecule has 0 saturated carbocycles. The van der Waals surface area contributed by atoms with E-state index in [2.05, 4.69) is 25.9 Å². The fraction of sp³-hybridized carbons (Fsp3) is 0.214. The second-order valence-corrected chi connectivity index (χ2v) is 5.54. The van der Waals surface area contributed by atoms with E-state index in [1.165, 1.54) is 7.11 Å². The number of carbonyl (C=O) groups is 1. The molecule has 0 unspecified atom stereocenters. The molecule has 0 bridgehead atoms. The van der Waals surface area contributed by atoms with Crippen LogP contribution in [0.25, 0.3) is 11.4 Å². The summed E-state index contributed by atoms with van der Waals surface area (Å²) in [5.74, 6) is 0.160. The van der Waals surface area contributed by atoms with Gasteiger partial charge in [-0.2, -0.15) is 0 Å². The summed E-state index contributed by atoms with van der Waals surface area (Å²) in [6, 6.07) is 5.84. The molecule has 6 heteroatoms. The minimum Gasteiger partial charge on any atom is -0.465 e. The Labute approximate surface area is 130 Å². The molecule has 0 radical (unpaired) electrons. The largest absolute Gasteiger partial charge is 0.465 e. The van der Waals surface area contributed by atoms with E-state index in [0.717, 1.165) is 15.6 Å². The number of benzene rings is 1. The van der Waals surface area contributed by atoms with Crippen molar-refractivity contribution >= 4 is 34.1 Å². The van der Waals surface area contributed by atoms with Crippen LogP contribution in [0.15, 0.2) is 22.7 Å². The summed E-state index contributed by atoms with van der Waals surface area (Å²) in [4.78, 5) is 19.1. The molecule has 104 valence electrons. The van der Waals surface area contributed by atoms with Crippen LogP contribution in [0.4, 0.5) is 0 Å². The molecular formula is C14H13BrN2O2S. The molecule has 0 atom stereocenters. The summed E-state index contributed by atoms with van der Waals surface area (Å²) in [5, 5.41) is 0. The number of nitrogens with zero attached hydrogens (tertiary/aromatic N) is 1. The van der Waals surface area contributed by atoms with Gasteiger partial charge in [-0.15, -0.1) is 0 Å². The highest BCUT2D eigenvalue weighted by atomic mass is 79.9. The Bertz CT molecular complexity index is 740. The van der Waals surface area contributed by atoms with Crippen LogP contribution in [0.3, 0.4) is 0 Å². The van der Waals surface area contributed by atoms with Crippen molar-refractivity contribution in [2.75, 3.05) is 7.11 Å². The van der Waals surface area contributed by atoms with Crippen LogP contribution in [-0.2, 0) is 4.74 Å². The maximum Gasteiger partial charge on any atom is 0.342 e. The molecule has 2 rings (SSSR count). The van der Waals surface area contributed by atoms with Gasteiger partial charge in [0.05, 0.1) is 7.11 Å². The molecule has 2 aromatic rings. The van der Waals surface area contributed by atoms with Gasteiger partial charge in [0.25, 0.3) is 0 Å². The molecule has 0 amide bonds.